The summed E-state index contributed by atoms with van der Waals surface area (Å²) in [6, 6.07) is 0.559. The molecule has 1 amide bonds. The number of hydrogen-bond donors (Lipinski definition) is 3. The van der Waals surface area contributed by atoms with E-state index in [-0.39, 0.29) is 0 Å². The lowest BCUT2D eigenvalue weighted by molar-refractivity contribution is -0.141. The molecule has 0 fully saturated rings. The maximum absolute atomic E-state index is 12.2. The highest BCUT2D eigenvalue weighted by molar-refractivity contribution is 7.17. The number of nitrogens with one attached hydrogen (secondary N) is 1. The summed E-state index contributed by atoms with van der Waals surface area (Å²) in [7, 11) is 0. The van der Waals surface area contributed by atoms with Gasteiger partial charge in [-0.15, -0.1) is 11.3 Å². The van der Waals surface area contributed by atoms with Gasteiger partial charge in [0.15, 0.2) is 6.04 Å². The standard InChI is InChI=1S/C13H14N2O4S2/c1-6-10(11(17)15-9(7(2)16)13(18)19)21-12(14-6)8-3-4-20-5-8/h3-5,7,9,16H,1-2H3,(H,15,17)(H,18,19)/t7-,9+/m1/s1. The lowest BCUT2D eigenvalue weighted by Gasteiger charge is -2.16. The Labute approximate surface area is 129 Å². The van der Waals surface area contributed by atoms with Gasteiger partial charge in [0.1, 0.15) is 9.88 Å². The van der Waals surface area contributed by atoms with E-state index in [0.29, 0.717) is 15.6 Å². The summed E-state index contributed by atoms with van der Waals surface area (Å²) in [5.74, 6) is -1.82. The van der Waals surface area contributed by atoms with Crippen molar-refractivity contribution < 1.29 is 19.8 Å². The van der Waals surface area contributed by atoms with Crippen LogP contribution in [0.15, 0.2) is 16.8 Å². The van der Waals surface area contributed by atoms with Gasteiger partial charge in [-0.25, -0.2) is 9.78 Å². The van der Waals surface area contributed by atoms with E-state index in [4.69, 9.17) is 5.11 Å². The second-order valence-electron chi connectivity index (χ2n) is 4.48. The van der Waals surface area contributed by atoms with Crippen LogP contribution in [0.2, 0.25) is 0 Å². The number of aliphatic hydroxyl groups is 1. The molecule has 2 heterocycles. The fourth-order valence-corrected chi connectivity index (χ4v) is 3.39. The summed E-state index contributed by atoms with van der Waals surface area (Å²) in [5.41, 5.74) is 1.46. The number of hydrogen-bond acceptors (Lipinski definition) is 6. The lowest BCUT2D eigenvalue weighted by atomic mass is 10.2. The number of rotatable bonds is 5. The van der Waals surface area contributed by atoms with Crippen molar-refractivity contribution in [1.29, 1.82) is 0 Å². The molecule has 0 saturated carbocycles. The van der Waals surface area contributed by atoms with Crippen LogP contribution in [-0.2, 0) is 4.79 Å². The number of carbonyl (C=O) groups is 2. The molecule has 2 rings (SSSR count). The molecule has 0 aliphatic heterocycles. The highest BCUT2D eigenvalue weighted by Crippen LogP contribution is 2.29. The summed E-state index contributed by atoms with van der Waals surface area (Å²) in [6.45, 7) is 3.01. The van der Waals surface area contributed by atoms with Gasteiger partial charge in [0, 0.05) is 10.9 Å². The van der Waals surface area contributed by atoms with Crippen molar-refractivity contribution in [3.8, 4) is 10.6 Å². The Morgan fingerprint density at radius 3 is 2.67 bits per heavy atom. The third kappa shape index (κ3) is 3.46. The molecule has 0 unspecified atom stereocenters. The van der Waals surface area contributed by atoms with E-state index >= 15 is 0 Å². The number of aromatic nitrogens is 1. The molecule has 8 heteroatoms. The Bertz CT molecular complexity index is 649. The smallest absolute Gasteiger partial charge is 0.328 e. The van der Waals surface area contributed by atoms with Crippen molar-refractivity contribution in [3.05, 3.63) is 27.4 Å². The highest BCUT2D eigenvalue weighted by Gasteiger charge is 2.27. The fraction of sp³-hybridized carbons (Fsp3) is 0.308. The summed E-state index contributed by atoms with van der Waals surface area (Å²) in [5, 5.41) is 25.2. The normalized spacial score (nSPS) is 13.7. The van der Waals surface area contributed by atoms with Crippen LogP contribution in [0.1, 0.15) is 22.3 Å². The van der Waals surface area contributed by atoms with Crippen molar-refractivity contribution in [3.63, 3.8) is 0 Å². The first-order chi connectivity index (χ1) is 9.90. The van der Waals surface area contributed by atoms with Gasteiger partial charge in [-0.2, -0.15) is 11.3 Å². The topological polar surface area (TPSA) is 99.5 Å². The van der Waals surface area contributed by atoms with Crippen LogP contribution < -0.4 is 5.32 Å². The molecule has 0 bridgehead atoms. The monoisotopic (exact) mass is 326 g/mol. The average Bonchev–Trinajstić information content (AvgIpc) is 3.03. The number of carboxylic acid groups (broad SMARTS) is 1. The largest absolute Gasteiger partial charge is 0.480 e. The van der Waals surface area contributed by atoms with E-state index in [0.717, 1.165) is 5.56 Å². The zero-order valence-corrected chi connectivity index (χ0v) is 13.0. The number of aliphatic hydroxyl groups excluding tert-OH is 1. The van der Waals surface area contributed by atoms with Crippen molar-refractivity contribution in [2.75, 3.05) is 0 Å². The number of carbonyl (C=O) groups excluding carboxylic acids is 1. The Morgan fingerprint density at radius 2 is 2.14 bits per heavy atom. The van der Waals surface area contributed by atoms with E-state index in [1.807, 2.05) is 16.8 Å². The van der Waals surface area contributed by atoms with E-state index in [1.54, 1.807) is 6.92 Å². The quantitative estimate of drug-likeness (QED) is 0.777. The van der Waals surface area contributed by atoms with Gasteiger partial charge in [-0.1, -0.05) is 0 Å². The van der Waals surface area contributed by atoms with Gasteiger partial charge in [-0.05, 0) is 25.3 Å². The number of carboxylic acids is 1. The molecule has 3 N–H and O–H groups in total. The van der Waals surface area contributed by atoms with Gasteiger partial charge < -0.3 is 15.5 Å². The van der Waals surface area contributed by atoms with Gasteiger partial charge >= 0.3 is 5.97 Å². The van der Waals surface area contributed by atoms with E-state index < -0.39 is 24.0 Å². The van der Waals surface area contributed by atoms with Gasteiger partial charge in [0.05, 0.1) is 11.8 Å². The molecule has 21 heavy (non-hydrogen) atoms. The Hall–Kier alpha value is -1.77. The first-order valence-electron chi connectivity index (χ1n) is 6.12. The maximum Gasteiger partial charge on any atom is 0.328 e. The molecule has 112 valence electrons. The number of thiazole rings is 1. The molecular weight excluding hydrogens is 312 g/mol. The highest BCUT2D eigenvalue weighted by atomic mass is 32.1. The Balaban J connectivity index is 2.22. The van der Waals surface area contributed by atoms with Gasteiger partial charge in [0.25, 0.3) is 5.91 Å². The SMILES string of the molecule is Cc1nc(-c2ccsc2)sc1C(=O)N[C@H](C(=O)O)[C@@H](C)O. The molecule has 0 aromatic carbocycles. The first-order valence-corrected chi connectivity index (χ1v) is 7.87. The van der Waals surface area contributed by atoms with Crippen LogP contribution >= 0.6 is 22.7 Å². The van der Waals surface area contributed by atoms with Crippen molar-refractivity contribution >= 4 is 34.6 Å². The zero-order valence-electron chi connectivity index (χ0n) is 11.4. The summed E-state index contributed by atoms with van der Waals surface area (Å²) in [4.78, 5) is 27.8. The minimum absolute atomic E-state index is 0.350. The minimum Gasteiger partial charge on any atom is -0.480 e. The molecule has 0 aliphatic carbocycles. The zero-order chi connectivity index (χ0) is 15.6. The summed E-state index contributed by atoms with van der Waals surface area (Å²) < 4.78 is 0. The van der Waals surface area contributed by atoms with Crippen LogP contribution in [0.3, 0.4) is 0 Å². The molecule has 6 nitrogen and oxygen atoms in total. The van der Waals surface area contributed by atoms with Crippen molar-refractivity contribution in [2.45, 2.75) is 26.0 Å². The fourth-order valence-electron chi connectivity index (χ4n) is 1.71. The third-order valence-corrected chi connectivity index (χ3v) is 4.69. The predicted octanol–water partition coefficient (Wildman–Crippen LogP) is 1.74. The van der Waals surface area contributed by atoms with Gasteiger partial charge in [-0.3, -0.25) is 4.79 Å². The molecule has 2 aromatic heterocycles. The van der Waals surface area contributed by atoms with Crippen LogP contribution in [0.5, 0.6) is 0 Å². The Morgan fingerprint density at radius 1 is 1.43 bits per heavy atom. The number of nitrogens with zero attached hydrogens (tertiary/aromatic N) is 1. The molecule has 0 spiro atoms. The second kappa shape index (κ2) is 6.33. The van der Waals surface area contributed by atoms with Crippen LogP contribution in [0, 0.1) is 6.92 Å². The second-order valence-corrected chi connectivity index (χ2v) is 6.25. The summed E-state index contributed by atoms with van der Waals surface area (Å²) in [6.07, 6.45) is -1.18. The Kier molecular flexibility index (Phi) is 4.71. The predicted molar refractivity (Wildman–Crippen MR) is 80.7 cm³/mol. The van der Waals surface area contributed by atoms with Crippen molar-refractivity contribution in [2.24, 2.45) is 0 Å². The van der Waals surface area contributed by atoms with Crippen LogP contribution in [-0.4, -0.2) is 39.2 Å². The lowest BCUT2D eigenvalue weighted by Crippen LogP contribution is -2.47. The van der Waals surface area contributed by atoms with Crippen LogP contribution in [0.4, 0.5) is 0 Å². The maximum atomic E-state index is 12.2. The molecule has 2 aromatic rings. The molecule has 0 aliphatic rings. The van der Waals surface area contributed by atoms with Gasteiger partial charge in [0.2, 0.25) is 0 Å². The van der Waals surface area contributed by atoms with Crippen LogP contribution in [0.25, 0.3) is 10.6 Å². The van der Waals surface area contributed by atoms with E-state index in [1.165, 1.54) is 29.6 Å². The number of amides is 1. The van der Waals surface area contributed by atoms with E-state index in [9.17, 15) is 14.7 Å². The van der Waals surface area contributed by atoms with Crippen molar-refractivity contribution in [1.82, 2.24) is 10.3 Å². The van der Waals surface area contributed by atoms with E-state index in [2.05, 4.69) is 10.3 Å². The average molecular weight is 326 g/mol. The number of thiophene rings is 1. The number of aliphatic carboxylic acids is 1. The molecule has 2 atom stereocenters. The first kappa shape index (κ1) is 15.6. The number of aryl methyl sites for hydroxylation is 1. The summed E-state index contributed by atoms with van der Waals surface area (Å²) >= 11 is 2.73. The third-order valence-electron chi connectivity index (χ3n) is 2.81. The molecule has 0 radical (unpaired) electrons. The molecule has 0 saturated heterocycles. The minimum atomic E-state index is -1.34. The molecular formula is C13H14N2O4S2.